The molecule has 23 heavy (non-hydrogen) atoms. The molecule has 0 aliphatic heterocycles. The third-order valence-electron chi connectivity index (χ3n) is 5.81. The first-order valence-electron chi connectivity index (χ1n) is 10.0. The third-order valence-corrected chi connectivity index (χ3v) is 5.81. The van der Waals surface area contributed by atoms with E-state index in [0.717, 1.165) is 11.8 Å². The smallest absolute Gasteiger partial charge is 0.0279 e. The van der Waals surface area contributed by atoms with Gasteiger partial charge in [0.2, 0.25) is 0 Å². The lowest BCUT2D eigenvalue weighted by Gasteiger charge is -2.23. The van der Waals surface area contributed by atoms with Gasteiger partial charge in [-0.15, -0.1) is 0 Å². The molecule has 0 heterocycles. The Morgan fingerprint density at radius 2 is 1.74 bits per heavy atom. The summed E-state index contributed by atoms with van der Waals surface area (Å²) in [5.41, 5.74) is 3.24. The SMILES string of the molecule is CCC(CC)CCC1CC=C(CCCCc2ccccc2)CC1. The highest BCUT2D eigenvalue weighted by atomic mass is 14.2. The molecule has 0 aromatic heterocycles. The van der Waals surface area contributed by atoms with Gasteiger partial charge in [0.05, 0.1) is 0 Å². The van der Waals surface area contributed by atoms with Crippen LogP contribution in [0.1, 0.15) is 83.6 Å². The molecule has 1 atom stereocenters. The highest BCUT2D eigenvalue weighted by Crippen LogP contribution is 2.31. The number of unbranched alkanes of at least 4 members (excludes halogenated alkanes) is 1. The summed E-state index contributed by atoms with van der Waals surface area (Å²) in [7, 11) is 0. The lowest BCUT2D eigenvalue weighted by Crippen LogP contribution is -2.08. The minimum absolute atomic E-state index is 0.971. The molecule has 1 unspecified atom stereocenters. The van der Waals surface area contributed by atoms with Gasteiger partial charge in [-0.3, -0.25) is 0 Å². The zero-order valence-corrected chi connectivity index (χ0v) is 15.4. The summed E-state index contributed by atoms with van der Waals surface area (Å²) in [6, 6.07) is 10.9. The average Bonchev–Trinajstić information content (AvgIpc) is 2.61. The van der Waals surface area contributed by atoms with Crippen molar-refractivity contribution in [3.8, 4) is 0 Å². The molecule has 0 N–H and O–H groups in total. The first kappa shape index (κ1) is 18.3. The Morgan fingerprint density at radius 1 is 1.00 bits per heavy atom. The van der Waals surface area contributed by atoms with Crippen molar-refractivity contribution in [2.24, 2.45) is 11.8 Å². The summed E-state index contributed by atoms with van der Waals surface area (Å²) in [4.78, 5) is 0. The van der Waals surface area contributed by atoms with Crippen molar-refractivity contribution < 1.29 is 0 Å². The van der Waals surface area contributed by atoms with Crippen molar-refractivity contribution in [2.75, 3.05) is 0 Å². The van der Waals surface area contributed by atoms with Crippen LogP contribution < -0.4 is 0 Å². The van der Waals surface area contributed by atoms with E-state index in [-0.39, 0.29) is 0 Å². The quantitative estimate of drug-likeness (QED) is 0.313. The van der Waals surface area contributed by atoms with Gasteiger partial charge in [0.15, 0.2) is 0 Å². The molecule has 1 aliphatic rings. The van der Waals surface area contributed by atoms with Crippen LogP contribution in [0.4, 0.5) is 0 Å². The Morgan fingerprint density at radius 3 is 2.39 bits per heavy atom. The lowest BCUT2D eigenvalue weighted by molar-refractivity contribution is 0.354. The molecule has 0 amide bonds. The number of rotatable bonds is 10. The summed E-state index contributed by atoms with van der Waals surface area (Å²) in [5.74, 6) is 1.95. The molecule has 1 aromatic carbocycles. The normalized spacial score (nSPS) is 18.2. The molecular weight excluding hydrogens is 276 g/mol. The second-order valence-corrected chi connectivity index (χ2v) is 7.46. The van der Waals surface area contributed by atoms with Crippen molar-refractivity contribution in [3.05, 3.63) is 47.5 Å². The average molecular weight is 313 g/mol. The van der Waals surface area contributed by atoms with Crippen LogP contribution in [0.25, 0.3) is 0 Å². The van der Waals surface area contributed by atoms with Crippen LogP contribution in [0, 0.1) is 11.8 Å². The van der Waals surface area contributed by atoms with Crippen LogP contribution in [0.3, 0.4) is 0 Å². The molecule has 0 saturated carbocycles. The van der Waals surface area contributed by atoms with Gasteiger partial charge in [0.25, 0.3) is 0 Å². The van der Waals surface area contributed by atoms with Gasteiger partial charge < -0.3 is 0 Å². The predicted molar refractivity (Wildman–Crippen MR) is 103 cm³/mol. The van der Waals surface area contributed by atoms with E-state index < -0.39 is 0 Å². The van der Waals surface area contributed by atoms with E-state index in [4.69, 9.17) is 0 Å². The van der Waals surface area contributed by atoms with Crippen molar-refractivity contribution in [1.29, 1.82) is 0 Å². The van der Waals surface area contributed by atoms with Crippen LogP contribution in [0.2, 0.25) is 0 Å². The van der Waals surface area contributed by atoms with Gasteiger partial charge in [-0.2, -0.15) is 0 Å². The summed E-state index contributed by atoms with van der Waals surface area (Å²) in [6.07, 6.45) is 17.7. The maximum Gasteiger partial charge on any atom is -0.0279 e. The molecule has 2 rings (SSSR count). The Labute approximate surface area is 144 Å². The van der Waals surface area contributed by atoms with Crippen LogP contribution in [-0.4, -0.2) is 0 Å². The van der Waals surface area contributed by atoms with E-state index >= 15 is 0 Å². The highest BCUT2D eigenvalue weighted by Gasteiger charge is 2.15. The molecule has 1 aromatic rings. The Hall–Kier alpha value is -1.04. The van der Waals surface area contributed by atoms with Crippen molar-refractivity contribution in [3.63, 3.8) is 0 Å². The van der Waals surface area contributed by atoms with Gasteiger partial charge in [0, 0.05) is 0 Å². The molecule has 0 bridgehead atoms. The number of allylic oxidation sites excluding steroid dienone is 2. The second kappa shape index (κ2) is 10.7. The largest absolute Gasteiger partial charge is 0.0851 e. The first-order chi connectivity index (χ1) is 11.3. The lowest BCUT2D eigenvalue weighted by atomic mass is 9.82. The van der Waals surface area contributed by atoms with E-state index in [1.165, 1.54) is 76.2 Å². The van der Waals surface area contributed by atoms with Crippen molar-refractivity contribution in [2.45, 2.75) is 84.5 Å². The maximum atomic E-state index is 2.59. The standard InChI is InChI=1S/C23H36/c1-3-20(4-2)14-15-23-18-16-22(17-19-23)13-9-8-12-21-10-6-5-7-11-21/h5-7,10-11,16,20,23H,3-4,8-9,12-15,17-19H2,1-2H3. The highest BCUT2D eigenvalue weighted by molar-refractivity contribution is 5.14. The van der Waals surface area contributed by atoms with Gasteiger partial charge in [0.1, 0.15) is 0 Å². The molecule has 0 radical (unpaired) electrons. The van der Waals surface area contributed by atoms with Gasteiger partial charge in [-0.25, -0.2) is 0 Å². The Balaban J connectivity index is 1.59. The summed E-state index contributed by atoms with van der Waals surface area (Å²) < 4.78 is 0. The number of hydrogen-bond donors (Lipinski definition) is 0. The minimum atomic E-state index is 0.971. The Kier molecular flexibility index (Phi) is 8.50. The predicted octanol–water partition coefficient (Wildman–Crippen LogP) is 7.34. The summed E-state index contributed by atoms with van der Waals surface area (Å²) in [6.45, 7) is 4.70. The van der Waals surface area contributed by atoms with Crippen molar-refractivity contribution in [1.82, 2.24) is 0 Å². The number of aryl methyl sites for hydroxylation is 1. The third kappa shape index (κ3) is 6.94. The zero-order valence-electron chi connectivity index (χ0n) is 15.4. The second-order valence-electron chi connectivity index (χ2n) is 7.46. The molecule has 1 aliphatic carbocycles. The fourth-order valence-electron chi connectivity index (χ4n) is 3.93. The molecule has 0 saturated heterocycles. The van der Waals surface area contributed by atoms with E-state index in [9.17, 15) is 0 Å². The van der Waals surface area contributed by atoms with Crippen LogP contribution in [-0.2, 0) is 6.42 Å². The molecule has 0 heteroatoms. The van der Waals surface area contributed by atoms with Gasteiger partial charge >= 0.3 is 0 Å². The summed E-state index contributed by atoms with van der Waals surface area (Å²) in [5, 5.41) is 0. The summed E-state index contributed by atoms with van der Waals surface area (Å²) >= 11 is 0. The molecular formula is C23H36. The van der Waals surface area contributed by atoms with Crippen molar-refractivity contribution >= 4 is 0 Å². The fourth-order valence-corrected chi connectivity index (χ4v) is 3.93. The van der Waals surface area contributed by atoms with Crippen LogP contribution >= 0.6 is 0 Å². The molecule has 128 valence electrons. The number of benzene rings is 1. The fraction of sp³-hybridized carbons (Fsp3) is 0.652. The van der Waals surface area contributed by atoms with Crippen LogP contribution in [0.15, 0.2) is 42.0 Å². The molecule has 0 fully saturated rings. The van der Waals surface area contributed by atoms with E-state index in [1.807, 2.05) is 0 Å². The van der Waals surface area contributed by atoms with E-state index in [2.05, 4.69) is 50.3 Å². The molecule has 0 nitrogen and oxygen atoms in total. The zero-order chi connectivity index (χ0) is 16.3. The monoisotopic (exact) mass is 312 g/mol. The number of hydrogen-bond acceptors (Lipinski definition) is 0. The first-order valence-corrected chi connectivity index (χ1v) is 10.0. The van der Waals surface area contributed by atoms with Gasteiger partial charge in [-0.05, 0) is 68.8 Å². The van der Waals surface area contributed by atoms with Gasteiger partial charge in [-0.1, -0.05) is 75.1 Å². The van der Waals surface area contributed by atoms with Crippen LogP contribution in [0.5, 0.6) is 0 Å². The Bertz CT molecular complexity index is 438. The van der Waals surface area contributed by atoms with E-state index in [0.29, 0.717) is 0 Å². The maximum absolute atomic E-state index is 2.59. The topological polar surface area (TPSA) is 0 Å². The molecule has 0 spiro atoms. The minimum Gasteiger partial charge on any atom is -0.0851 e. The van der Waals surface area contributed by atoms with E-state index in [1.54, 1.807) is 5.57 Å².